The van der Waals surface area contributed by atoms with Gasteiger partial charge in [0, 0.05) is 10.9 Å². The van der Waals surface area contributed by atoms with Crippen LogP contribution in [0.25, 0.3) is 10.9 Å². The average Bonchev–Trinajstić information content (AvgIpc) is 3.08. The zero-order chi connectivity index (χ0) is 20.4. The number of nitrogens with one attached hydrogen (secondary N) is 1. The lowest BCUT2D eigenvalue weighted by Crippen LogP contribution is -2.09. The number of para-hydroxylation sites is 1. The highest BCUT2D eigenvalue weighted by Gasteiger charge is 2.34. The number of aromatic nitrogens is 1. The fourth-order valence-corrected chi connectivity index (χ4v) is 4.36. The first kappa shape index (κ1) is 18.6. The third kappa shape index (κ3) is 2.78. The summed E-state index contributed by atoms with van der Waals surface area (Å²) in [6.07, 6.45) is -1.40. The number of aromatic hydroxyl groups is 1. The second kappa shape index (κ2) is 5.86. The molecule has 0 bridgehead atoms. The van der Waals surface area contributed by atoms with Crippen LogP contribution in [0.1, 0.15) is 17.2 Å². The van der Waals surface area contributed by atoms with E-state index >= 15 is 0 Å². The Balaban J connectivity index is 1.95. The standard InChI is InChI=1S/C16H12N2O8S2/c19-15-9-2-1-3-11(28(24,25)26)13(9)18-14(15)12-8-5-4-7(27(21,22)23)6-10(8)17-16(12)20/h1-6,15,17,19-20H,(H,21,22,23)(H,24,25,26). The molecule has 146 valence electrons. The molecule has 1 aliphatic heterocycles. The number of benzene rings is 2. The van der Waals surface area contributed by atoms with Crippen molar-refractivity contribution in [2.75, 3.05) is 0 Å². The van der Waals surface area contributed by atoms with Crippen LogP contribution >= 0.6 is 0 Å². The van der Waals surface area contributed by atoms with E-state index in [9.17, 15) is 31.6 Å². The van der Waals surface area contributed by atoms with Crippen molar-refractivity contribution in [2.45, 2.75) is 15.9 Å². The van der Waals surface area contributed by atoms with E-state index in [4.69, 9.17) is 4.55 Å². The van der Waals surface area contributed by atoms with E-state index in [2.05, 4.69) is 9.98 Å². The molecule has 0 aliphatic carbocycles. The largest absolute Gasteiger partial charge is 0.494 e. The molecule has 0 radical (unpaired) electrons. The minimum Gasteiger partial charge on any atom is -0.494 e. The van der Waals surface area contributed by atoms with Crippen molar-refractivity contribution in [3.8, 4) is 5.88 Å². The third-order valence-electron chi connectivity index (χ3n) is 4.40. The third-order valence-corrected chi connectivity index (χ3v) is 6.13. The fourth-order valence-electron chi connectivity index (χ4n) is 3.19. The molecule has 1 unspecified atom stereocenters. The van der Waals surface area contributed by atoms with E-state index in [1.165, 1.54) is 18.2 Å². The van der Waals surface area contributed by atoms with Crippen LogP contribution < -0.4 is 0 Å². The Morgan fingerprint density at radius 2 is 1.71 bits per heavy atom. The van der Waals surface area contributed by atoms with E-state index in [0.29, 0.717) is 0 Å². The van der Waals surface area contributed by atoms with Gasteiger partial charge in [0.1, 0.15) is 11.0 Å². The number of aromatic amines is 1. The Labute approximate surface area is 158 Å². The van der Waals surface area contributed by atoms with E-state index in [1.54, 1.807) is 0 Å². The van der Waals surface area contributed by atoms with Gasteiger partial charge >= 0.3 is 0 Å². The number of rotatable bonds is 3. The molecule has 28 heavy (non-hydrogen) atoms. The predicted molar refractivity (Wildman–Crippen MR) is 97.2 cm³/mol. The summed E-state index contributed by atoms with van der Waals surface area (Å²) in [5.74, 6) is -0.443. The molecule has 1 aliphatic rings. The molecule has 12 heteroatoms. The Kier molecular flexibility index (Phi) is 3.89. The van der Waals surface area contributed by atoms with E-state index in [1.807, 2.05) is 0 Å². The van der Waals surface area contributed by atoms with Gasteiger partial charge in [-0.15, -0.1) is 0 Å². The lowest BCUT2D eigenvalue weighted by molar-refractivity contribution is 0.251. The Morgan fingerprint density at radius 1 is 1.00 bits per heavy atom. The van der Waals surface area contributed by atoms with Crippen molar-refractivity contribution in [2.24, 2.45) is 4.99 Å². The topological polar surface area (TPSA) is 177 Å². The number of hydrogen-bond donors (Lipinski definition) is 5. The Morgan fingerprint density at radius 3 is 2.36 bits per heavy atom. The molecule has 4 rings (SSSR count). The second-order valence-corrected chi connectivity index (χ2v) is 8.91. The van der Waals surface area contributed by atoms with Crippen LogP contribution in [-0.2, 0) is 20.2 Å². The maximum atomic E-state index is 11.6. The van der Waals surface area contributed by atoms with Crippen LogP contribution in [-0.4, -0.2) is 46.8 Å². The summed E-state index contributed by atoms with van der Waals surface area (Å²) in [6.45, 7) is 0. The Bertz CT molecular complexity index is 1390. The monoisotopic (exact) mass is 424 g/mol. The normalized spacial score (nSPS) is 17.0. The fraction of sp³-hybridized carbons (Fsp3) is 0.0625. The van der Waals surface area contributed by atoms with Crippen LogP contribution in [0.5, 0.6) is 5.88 Å². The van der Waals surface area contributed by atoms with Gasteiger partial charge < -0.3 is 15.2 Å². The average molecular weight is 424 g/mol. The van der Waals surface area contributed by atoms with Crippen LogP contribution in [0.3, 0.4) is 0 Å². The first-order valence-corrected chi connectivity index (χ1v) is 10.6. The van der Waals surface area contributed by atoms with Gasteiger partial charge in [-0.3, -0.25) is 9.11 Å². The molecule has 1 atom stereocenters. The molecule has 3 aromatic rings. The van der Waals surface area contributed by atoms with Crippen LogP contribution in [0.2, 0.25) is 0 Å². The summed E-state index contributed by atoms with van der Waals surface area (Å²) in [5.41, 5.74) is 0.0454. The Hall–Kier alpha value is -2.77. The van der Waals surface area contributed by atoms with Crippen LogP contribution in [0.15, 0.2) is 51.2 Å². The molecule has 0 amide bonds. The minimum atomic E-state index is -4.60. The molecular weight excluding hydrogens is 412 g/mol. The molecule has 0 saturated heterocycles. The van der Waals surface area contributed by atoms with Gasteiger partial charge in [-0.05, 0) is 18.2 Å². The molecule has 2 aromatic carbocycles. The SMILES string of the molecule is O=S(=O)(O)c1ccc2c(C3=Nc4c(cccc4S(=O)(=O)O)C3O)c(O)[nH]c2c1. The van der Waals surface area contributed by atoms with Gasteiger partial charge in [0.25, 0.3) is 20.2 Å². The first-order chi connectivity index (χ1) is 13.0. The zero-order valence-corrected chi connectivity index (χ0v) is 15.4. The number of nitrogens with zero attached hydrogens (tertiary/aromatic N) is 1. The first-order valence-electron chi connectivity index (χ1n) is 7.68. The van der Waals surface area contributed by atoms with Crippen molar-refractivity contribution in [1.82, 2.24) is 4.98 Å². The van der Waals surface area contributed by atoms with Crippen molar-refractivity contribution in [3.05, 3.63) is 47.5 Å². The van der Waals surface area contributed by atoms with Crippen molar-refractivity contribution < 1.29 is 36.2 Å². The van der Waals surface area contributed by atoms with Crippen LogP contribution in [0, 0.1) is 0 Å². The zero-order valence-electron chi connectivity index (χ0n) is 13.7. The molecule has 0 spiro atoms. The van der Waals surface area contributed by atoms with Gasteiger partial charge in [-0.25, -0.2) is 4.99 Å². The molecule has 0 saturated carbocycles. The van der Waals surface area contributed by atoms with Crippen molar-refractivity contribution >= 4 is 42.5 Å². The predicted octanol–water partition coefficient (Wildman–Crippen LogP) is 1.53. The van der Waals surface area contributed by atoms with Crippen molar-refractivity contribution in [1.29, 1.82) is 0 Å². The summed E-state index contributed by atoms with van der Waals surface area (Å²) in [5, 5.41) is 21.2. The van der Waals surface area contributed by atoms with E-state index in [-0.39, 0.29) is 33.4 Å². The van der Waals surface area contributed by atoms with Gasteiger partial charge in [0.2, 0.25) is 0 Å². The van der Waals surface area contributed by atoms with E-state index in [0.717, 1.165) is 18.2 Å². The lowest BCUT2D eigenvalue weighted by atomic mass is 10.0. The lowest BCUT2D eigenvalue weighted by Gasteiger charge is -2.08. The molecule has 1 aromatic heterocycles. The highest BCUT2D eigenvalue weighted by molar-refractivity contribution is 7.86. The van der Waals surface area contributed by atoms with Crippen molar-refractivity contribution in [3.63, 3.8) is 0 Å². The summed E-state index contributed by atoms with van der Waals surface area (Å²) in [7, 11) is -9.07. The maximum absolute atomic E-state index is 11.6. The van der Waals surface area contributed by atoms with Gasteiger partial charge in [0.05, 0.1) is 27.4 Å². The van der Waals surface area contributed by atoms with Gasteiger partial charge in [-0.1, -0.05) is 18.2 Å². The highest BCUT2D eigenvalue weighted by atomic mass is 32.2. The smallest absolute Gasteiger partial charge is 0.296 e. The quantitative estimate of drug-likeness (QED) is 0.393. The number of H-pyrrole nitrogens is 1. The minimum absolute atomic E-state index is 0.0295. The van der Waals surface area contributed by atoms with E-state index < -0.39 is 42.0 Å². The van der Waals surface area contributed by atoms with Gasteiger partial charge in [-0.2, -0.15) is 16.8 Å². The molecule has 10 nitrogen and oxygen atoms in total. The summed E-state index contributed by atoms with van der Waals surface area (Å²) in [4.78, 5) is 5.74. The number of hydrogen-bond acceptors (Lipinski definition) is 7. The number of aliphatic hydroxyl groups is 1. The number of aliphatic hydroxyl groups excluding tert-OH is 1. The summed E-state index contributed by atoms with van der Waals surface area (Å²) < 4.78 is 64.3. The summed E-state index contributed by atoms with van der Waals surface area (Å²) >= 11 is 0. The van der Waals surface area contributed by atoms with Crippen LogP contribution in [0.4, 0.5) is 5.69 Å². The maximum Gasteiger partial charge on any atom is 0.296 e. The molecule has 0 fully saturated rings. The molecular formula is C16H12N2O8S2. The molecule has 2 heterocycles. The highest BCUT2D eigenvalue weighted by Crippen LogP contribution is 2.43. The molecule has 5 N–H and O–H groups in total. The number of aliphatic imine (C=N–C) groups is 1. The second-order valence-electron chi connectivity index (χ2n) is 6.10. The number of fused-ring (bicyclic) bond motifs is 2. The summed E-state index contributed by atoms with van der Waals surface area (Å²) in [6, 6.07) is 7.37. The van der Waals surface area contributed by atoms with Gasteiger partial charge in [0.15, 0.2) is 5.88 Å².